The Hall–Kier alpha value is -3.81. The van der Waals surface area contributed by atoms with E-state index in [4.69, 9.17) is 4.74 Å². The van der Waals surface area contributed by atoms with Gasteiger partial charge in [0, 0.05) is 23.9 Å². The molecule has 1 N–H and O–H groups in total. The molecule has 8 heteroatoms. The van der Waals surface area contributed by atoms with Crippen LogP contribution in [-0.2, 0) is 9.53 Å². The van der Waals surface area contributed by atoms with Gasteiger partial charge in [0.25, 0.3) is 0 Å². The van der Waals surface area contributed by atoms with Crippen molar-refractivity contribution < 1.29 is 19.1 Å². The van der Waals surface area contributed by atoms with E-state index in [1.165, 1.54) is 10.9 Å². The number of esters is 1. The van der Waals surface area contributed by atoms with Crippen molar-refractivity contribution in [1.82, 2.24) is 14.8 Å². The minimum Gasteiger partial charge on any atom is -0.454 e. The van der Waals surface area contributed by atoms with Gasteiger partial charge in [0.05, 0.1) is 11.9 Å². The lowest BCUT2D eigenvalue weighted by atomic mass is 10.1. The molecule has 0 aliphatic rings. The van der Waals surface area contributed by atoms with E-state index >= 15 is 0 Å². The number of ether oxygens (including phenoxy) is 1. The number of hydrogen-bond donors (Lipinski definition) is 1. The van der Waals surface area contributed by atoms with E-state index in [2.05, 4.69) is 15.4 Å². The number of nitrogens with one attached hydrogen (secondary N) is 1. The molecule has 0 spiro atoms. The number of carbonyl (C=O) groups excluding carboxylic acids is 3. The molecule has 29 heavy (non-hydrogen) atoms. The Bertz CT molecular complexity index is 1030. The Balaban J connectivity index is 1.61. The predicted molar refractivity (Wildman–Crippen MR) is 106 cm³/mol. The highest BCUT2D eigenvalue weighted by atomic mass is 16.5. The quantitative estimate of drug-likeness (QED) is 0.490. The Kier molecular flexibility index (Phi) is 6.13. The van der Waals surface area contributed by atoms with Gasteiger partial charge < -0.3 is 10.1 Å². The molecular formula is C21H20N4O4. The van der Waals surface area contributed by atoms with E-state index in [0.717, 1.165) is 0 Å². The first-order valence-corrected chi connectivity index (χ1v) is 9.06. The second kappa shape index (κ2) is 8.92. The smallest absolute Gasteiger partial charge is 0.342 e. The van der Waals surface area contributed by atoms with Crippen molar-refractivity contribution in [3.05, 3.63) is 71.7 Å². The average Bonchev–Trinajstić information content (AvgIpc) is 3.14. The van der Waals surface area contributed by atoms with Gasteiger partial charge in [-0.25, -0.2) is 14.5 Å². The summed E-state index contributed by atoms with van der Waals surface area (Å²) < 4.78 is 6.68. The van der Waals surface area contributed by atoms with Crippen LogP contribution >= 0.6 is 0 Å². The van der Waals surface area contributed by atoms with Crippen molar-refractivity contribution >= 4 is 23.3 Å². The molecule has 3 rings (SSSR count). The third kappa shape index (κ3) is 4.73. The molecule has 0 atom stereocenters. The lowest BCUT2D eigenvalue weighted by molar-refractivity contribution is -0.115. The number of pyridine rings is 1. The molecule has 0 bridgehead atoms. The normalized spacial score (nSPS) is 10.4. The van der Waals surface area contributed by atoms with E-state index < -0.39 is 12.6 Å². The summed E-state index contributed by atoms with van der Waals surface area (Å²) in [7, 11) is 0. The molecule has 0 aliphatic heterocycles. The molecule has 2 aromatic heterocycles. The van der Waals surface area contributed by atoms with Gasteiger partial charge in [-0.05, 0) is 43.3 Å². The van der Waals surface area contributed by atoms with Gasteiger partial charge in [-0.3, -0.25) is 9.59 Å². The molecule has 2 heterocycles. The van der Waals surface area contributed by atoms with Gasteiger partial charge in [0.2, 0.25) is 5.91 Å². The summed E-state index contributed by atoms with van der Waals surface area (Å²) in [4.78, 5) is 40.2. The van der Waals surface area contributed by atoms with Gasteiger partial charge in [0.15, 0.2) is 18.2 Å². The van der Waals surface area contributed by atoms with Gasteiger partial charge in [-0.15, -0.1) is 0 Å². The molecule has 0 aliphatic carbocycles. The Morgan fingerprint density at radius 2 is 1.86 bits per heavy atom. The number of rotatable bonds is 7. The first kappa shape index (κ1) is 19.9. The highest BCUT2D eigenvalue weighted by Gasteiger charge is 2.18. The second-order valence-electron chi connectivity index (χ2n) is 6.22. The average molecular weight is 392 g/mol. The Morgan fingerprint density at radius 1 is 1.10 bits per heavy atom. The molecule has 1 aromatic carbocycles. The summed E-state index contributed by atoms with van der Waals surface area (Å²) in [6.45, 7) is 3.08. The molecule has 8 nitrogen and oxygen atoms in total. The van der Waals surface area contributed by atoms with Crippen molar-refractivity contribution in [3.8, 4) is 5.82 Å². The molecule has 148 valence electrons. The zero-order valence-electron chi connectivity index (χ0n) is 16.1. The van der Waals surface area contributed by atoms with Gasteiger partial charge in [0.1, 0.15) is 5.56 Å². The second-order valence-corrected chi connectivity index (χ2v) is 6.22. The van der Waals surface area contributed by atoms with E-state index in [-0.39, 0.29) is 17.3 Å². The van der Waals surface area contributed by atoms with Crippen molar-refractivity contribution in [3.63, 3.8) is 0 Å². The topological polar surface area (TPSA) is 103 Å². The zero-order chi connectivity index (χ0) is 20.8. The fourth-order valence-electron chi connectivity index (χ4n) is 2.60. The summed E-state index contributed by atoms with van der Waals surface area (Å²) in [6, 6.07) is 11.8. The van der Waals surface area contributed by atoms with Gasteiger partial charge in [-0.1, -0.05) is 13.0 Å². The third-order valence-corrected chi connectivity index (χ3v) is 4.24. The highest BCUT2D eigenvalue weighted by molar-refractivity contribution is 6.00. The molecule has 0 unspecified atom stereocenters. The minimum atomic E-state index is -0.634. The maximum Gasteiger partial charge on any atom is 0.342 e. The number of hydrogen-bond acceptors (Lipinski definition) is 6. The van der Waals surface area contributed by atoms with Crippen molar-refractivity contribution in [2.75, 3.05) is 11.9 Å². The maximum absolute atomic E-state index is 12.4. The van der Waals surface area contributed by atoms with Crippen LogP contribution in [0.15, 0.2) is 54.9 Å². The number of Topliss-reactive ketones (excluding diaryl/α,β-unsaturated/α-hetero) is 1. The monoisotopic (exact) mass is 392 g/mol. The number of carbonyl (C=O) groups is 3. The van der Waals surface area contributed by atoms with E-state index in [9.17, 15) is 14.4 Å². The van der Waals surface area contributed by atoms with Crippen molar-refractivity contribution in [2.24, 2.45) is 0 Å². The molecule has 0 saturated carbocycles. The fourth-order valence-corrected chi connectivity index (χ4v) is 2.60. The number of nitrogens with zero attached hydrogens (tertiary/aromatic N) is 3. The highest BCUT2D eigenvalue weighted by Crippen LogP contribution is 2.14. The maximum atomic E-state index is 12.4. The van der Waals surface area contributed by atoms with Crippen LogP contribution < -0.4 is 5.32 Å². The largest absolute Gasteiger partial charge is 0.454 e. The molecule has 3 aromatic rings. The van der Waals surface area contributed by atoms with Crippen LogP contribution in [-0.4, -0.2) is 39.0 Å². The summed E-state index contributed by atoms with van der Waals surface area (Å²) >= 11 is 0. The van der Waals surface area contributed by atoms with E-state index in [1.54, 1.807) is 56.4 Å². The molecule has 0 fully saturated rings. The SMILES string of the molecule is CCC(=O)Nc1ccc(C(=O)COC(=O)c2cnn(-c3ccccn3)c2C)cc1. The molecule has 0 radical (unpaired) electrons. The molecule has 1 amide bonds. The van der Waals surface area contributed by atoms with Crippen LogP contribution in [0.1, 0.15) is 39.8 Å². The third-order valence-electron chi connectivity index (χ3n) is 4.24. The fraction of sp³-hybridized carbons (Fsp3) is 0.190. The Morgan fingerprint density at radius 3 is 2.52 bits per heavy atom. The molecule has 0 saturated heterocycles. The van der Waals surface area contributed by atoms with E-state index in [0.29, 0.717) is 29.2 Å². The lowest BCUT2D eigenvalue weighted by Gasteiger charge is -2.07. The number of ketones is 1. The van der Waals surface area contributed by atoms with Gasteiger partial charge >= 0.3 is 5.97 Å². The van der Waals surface area contributed by atoms with E-state index in [1.807, 2.05) is 6.07 Å². The van der Waals surface area contributed by atoms with Crippen molar-refractivity contribution in [1.29, 1.82) is 0 Å². The van der Waals surface area contributed by atoms with Crippen LogP contribution in [0.25, 0.3) is 5.82 Å². The molecular weight excluding hydrogens is 372 g/mol. The zero-order valence-corrected chi connectivity index (χ0v) is 16.1. The minimum absolute atomic E-state index is 0.111. The predicted octanol–water partition coefficient (Wildman–Crippen LogP) is 2.96. The number of benzene rings is 1. The van der Waals surface area contributed by atoms with Crippen LogP contribution in [0, 0.1) is 6.92 Å². The van der Waals surface area contributed by atoms with Gasteiger partial charge in [-0.2, -0.15) is 5.10 Å². The first-order chi connectivity index (χ1) is 14.0. The summed E-state index contributed by atoms with van der Waals surface area (Å²) in [5.41, 5.74) is 1.81. The summed E-state index contributed by atoms with van der Waals surface area (Å²) in [5.74, 6) is -0.513. The number of aromatic nitrogens is 3. The lowest BCUT2D eigenvalue weighted by Crippen LogP contribution is -2.15. The number of amides is 1. The number of anilines is 1. The first-order valence-electron chi connectivity index (χ1n) is 9.06. The standard InChI is InChI=1S/C21H20N4O4/c1-3-20(27)24-16-9-7-15(8-10-16)18(26)13-29-21(28)17-12-23-25(14(17)2)19-6-4-5-11-22-19/h4-12H,3,13H2,1-2H3,(H,24,27). The van der Waals surface area contributed by atoms with Crippen LogP contribution in [0.3, 0.4) is 0 Å². The Labute approximate surface area is 167 Å². The summed E-state index contributed by atoms with van der Waals surface area (Å²) in [5, 5.41) is 6.87. The van der Waals surface area contributed by atoms with Crippen LogP contribution in [0.2, 0.25) is 0 Å². The van der Waals surface area contributed by atoms with Crippen LogP contribution in [0.4, 0.5) is 5.69 Å². The van der Waals surface area contributed by atoms with Crippen molar-refractivity contribution in [2.45, 2.75) is 20.3 Å². The van der Waals surface area contributed by atoms with Crippen LogP contribution in [0.5, 0.6) is 0 Å². The summed E-state index contributed by atoms with van der Waals surface area (Å²) in [6.07, 6.45) is 3.39.